The first kappa shape index (κ1) is 15.5. The highest BCUT2D eigenvalue weighted by Crippen LogP contribution is 2.29. The van der Waals surface area contributed by atoms with E-state index in [1.54, 1.807) is 54.3 Å². The summed E-state index contributed by atoms with van der Waals surface area (Å²) in [5.74, 6) is 0.558. The van der Waals surface area contributed by atoms with Gasteiger partial charge in [0.05, 0.1) is 10.7 Å². The number of para-hydroxylation sites is 1. The Balaban J connectivity index is 2.05. The lowest BCUT2D eigenvalue weighted by Gasteiger charge is -2.12. The van der Waals surface area contributed by atoms with Crippen LogP contribution in [0, 0.1) is 0 Å². The number of halogens is 1. The lowest BCUT2D eigenvalue weighted by Crippen LogP contribution is -2.14. The van der Waals surface area contributed by atoms with Crippen LogP contribution in [0.25, 0.3) is 11.4 Å². The van der Waals surface area contributed by atoms with Crippen LogP contribution < -0.4 is 4.72 Å². The normalized spacial score (nSPS) is 11.4. The summed E-state index contributed by atoms with van der Waals surface area (Å²) in [6.45, 7) is 0. The van der Waals surface area contributed by atoms with Crippen molar-refractivity contribution in [3.63, 3.8) is 0 Å². The van der Waals surface area contributed by atoms with Crippen LogP contribution >= 0.6 is 11.6 Å². The zero-order chi connectivity index (χ0) is 16.4. The first-order valence-corrected chi connectivity index (χ1v) is 8.56. The van der Waals surface area contributed by atoms with Crippen LogP contribution in [0.1, 0.15) is 0 Å². The van der Waals surface area contributed by atoms with E-state index in [1.807, 2.05) is 0 Å². The van der Waals surface area contributed by atoms with Gasteiger partial charge in [0.25, 0.3) is 10.0 Å². The van der Waals surface area contributed by atoms with E-state index >= 15 is 0 Å². The van der Waals surface area contributed by atoms with E-state index in [2.05, 4.69) is 14.9 Å². The number of nitrogens with one attached hydrogen (secondary N) is 1. The molecule has 8 heteroatoms. The molecule has 1 aromatic heterocycles. The number of hydrogen-bond acceptors (Lipinski definition) is 4. The Kier molecular flexibility index (Phi) is 4.06. The molecule has 0 atom stereocenters. The van der Waals surface area contributed by atoms with Crippen LogP contribution in [0.5, 0.6) is 0 Å². The van der Waals surface area contributed by atoms with Gasteiger partial charge in [-0.1, -0.05) is 35.9 Å². The summed E-state index contributed by atoms with van der Waals surface area (Å²) in [5, 5.41) is 8.00. The second-order valence-corrected chi connectivity index (χ2v) is 6.90. The van der Waals surface area contributed by atoms with E-state index in [4.69, 9.17) is 11.6 Å². The molecule has 0 saturated carbocycles. The van der Waals surface area contributed by atoms with E-state index in [0.717, 1.165) is 0 Å². The van der Waals surface area contributed by atoms with Crippen LogP contribution in [0.3, 0.4) is 0 Å². The molecule has 0 bridgehead atoms. The summed E-state index contributed by atoms with van der Waals surface area (Å²) in [4.78, 5) is 0.0226. The van der Waals surface area contributed by atoms with Crippen molar-refractivity contribution >= 4 is 27.3 Å². The first-order chi connectivity index (χ1) is 11.0. The molecule has 0 radical (unpaired) electrons. The van der Waals surface area contributed by atoms with Gasteiger partial charge in [-0.3, -0.25) is 4.72 Å². The van der Waals surface area contributed by atoms with Crippen LogP contribution in [0.2, 0.25) is 5.02 Å². The number of anilines is 1. The maximum Gasteiger partial charge on any atom is 0.263 e. The standard InChI is InChI=1S/C15H13ClN4O2S/c1-20-10-17-18-15(20)11-6-2-4-8-13(11)19-23(21,22)14-9-5-3-7-12(14)16/h2-10,19H,1H3. The van der Waals surface area contributed by atoms with E-state index < -0.39 is 10.0 Å². The Hall–Kier alpha value is -2.38. The third-order valence-corrected chi connectivity index (χ3v) is 5.12. The van der Waals surface area contributed by atoms with Crippen molar-refractivity contribution in [2.24, 2.45) is 7.05 Å². The Morgan fingerprint density at radius 2 is 1.78 bits per heavy atom. The average Bonchev–Trinajstić information content (AvgIpc) is 2.94. The van der Waals surface area contributed by atoms with Crippen molar-refractivity contribution in [1.29, 1.82) is 0 Å². The van der Waals surface area contributed by atoms with E-state index in [-0.39, 0.29) is 9.92 Å². The minimum absolute atomic E-state index is 0.0226. The summed E-state index contributed by atoms with van der Waals surface area (Å²) in [7, 11) is -2.02. The quantitative estimate of drug-likeness (QED) is 0.786. The van der Waals surface area contributed by atoms with Gasteiger partial charge in [0.15, 0.2) is 5.82 Å². The minimum atomic E-state index is -3.81. The number of aryl methyl sites for hydroxylation is 1. The van der Waals surface area contributed by atoms with Crippen LogP contribution in [0.4, 0.5) is 5.69 Å². The summed E-state index contributed by atoms with van der Waals surface area (Å²) < 4.78 is 29.5. The van der Waals surface area contributed by atoms with Gasteiger partial charge in [-0.15, -0.1) is 10.2 Å². The molecule has 0 fully saturated rings. The number of nitrogens with zero attached hydrogens (tertiary/aromatic N) is 3. The van der Waals surface area contributed by atoms with Gasteiger partial charge < -0.3 is 4.57 Å². The number of aromatic nitrogens is 3. The molecule has 0 aliphatic rings. The summed E-state index contributed by atoms with van der Waals surface area (Å²) in [6.07, 6.45) is 1.55. The minimum Gasteiger partial charge on any atom is -0.317 e. The predicted octanol–water partition coefficient (Wildman–Crippen LogP) is 2.94. The summed E-state index contributed by atoms with van der Waals surface area (Å²) >= 11 is 5.99. The lowest BCUT2D eigenvalue weighted by molar-refractivity contribution is 0.601. The average molecular weight is 349 g/mol. The van der Waals surface area contributed by atoms with Crippen LogP contribution in [0.15, 0.2) is 59.8 Å². The highest BCUT2D eigenvalue weighted by molar-refractivity contribution is 7.92. The van der Waals surface area contributed by atoms with Gasteiger partial charge in [0.1, 0.15) is 11.2 Å². The zero-order valence-corrected chi connectivity index (χ0v) is 13.7. The molecular weight excluding hydrogens is 336 g/mol. The van der Waals surface area contributed by atoms with E-state index in [0.29, 0.717) is 17.1 Å². The zero-order valence-electron chi connectivity index (χ0n) is 12.1. The lowest BCUT2D eigenvalue weighted by atomic mass is 10.2. The van der Waals surface area contributed by atoms with Gasteiger partial charge in [0, 0.05) is 12.6 Å². The van der Waals surface area contributed by atoms with Crippen molar-refractivity contribution in [1.82, 2.24) is 14.8 Å². The number of sulfonamides is 1. The van der Waals surface area contributed by atoms with Gasteiger partial charge in [-0.25, -0.2) is 8.42 Å². The molecule has 0 aliphatic carbocycles. The van der Waals surface area contributed by atoms with Crippen LogP contribution in [-0.2, 0) is 17.1 Å². The Morgan fingerprint density at radius 1 is 1.09 bits per heavy atom. The first-order valence-electron chi connectivity index (χ1n) is 6.70. The van der Waals surface area contributed by atoms with Gasteiger partial charge in [-0.05, 0) is 24.3 Å². The largest absolute Gasteiger partial charge is 0.317 e. The van der Waals surface area contributed by atoms with Crippen molar-refractivity contribution in [2.75, 3.05) is 4.72 Å². The van der Waals surface area contributed by atoms with Gasteiger partial charge >= 0.3 is 0 Å². The van der Waals surface area contributed by atoms with Gasteiger partial charge in [-0.2, -0.15) is 0 Å². The molecule has 0 amide bonds. The third-order valence-electron chi connectivity index (χ3n) is 3.25. The molecule has 1 N–H and O–H groups in total. The fraction of sp³-hybridized carbons (Fsp3) is 0.0667. The maximum atomic E-state index is 12.6. The molecule has 1 heterocycles. The fourth-order valence-electron chi connectivity index (χ4n) is 2.16. The SMILES string of the molecule is Cn1cnnc1-c1ccccc1NS(=O)(=O)c1ccccc1Cl. The molecule has 23 heavy (non-hydrogen) atoms. The van der Waals surface area contributed by atoms with Crippen molar-refractivity contribution < 1.29 is 8.42 Å². The summed E-state index contributed by atoms with van der Waals surface area (Å²) in [6, 6.07) is 13.3. The van der Waals surface area contributed by atoms with Crippen LogP contribution in [-0.4, -0.2) is 23.2 Å². The Bertz CT molecular complexity index is 953. The van der Waals surface area contributed by atoms with E-state index in [1.165, 1.54) is 12.1 Å². The van der Waals surface area contributed by atoms with Crippen molar-refractivity contribution in [3.8, 4) is 11.4 Å². The second kappa shape index (κ2) is 6.02. The molecule has 6 nitrogen and oxygen atoms in total. The number of hydrogen-bond donors (Lipinski definition) is 1. The molecular formula is C15H13ClN4O2S. The third kappa shape index (κ3) is 3.06. The molecule has 3 rings (SSSR count). The number of benzene rings is 2. The highest BCUT2D eigenvalue weighted by atomic mass is 35.5. The van der Waals surface area contributed by atoms with E-state index in [9.17, 15) is 8.42 Å². The molecule has 118 valence electrons. The molecule has 0 unspecified atom stereocenters. The summed E-state index contributed by atoms with van der Waals surface area (Å²) in [5.41, 5.74) is 1.03. The monoisotopic (exact) mass is 348 g/mol. The molecule has 0 saturated heterocycles. The fourth-order valence-corrected chi connectivity index (χ4v) is 3.76. The highest BCUT2D eigenvalue weighted by Gasteiger charge is 2.20. The molecule has 0 aliphatic heterocycles. The molecule has 0 spiro atoms. The van der Waals surface area contributed by atoms with Crippen molar-refractivity contribution in [3.05, 3.63) is 59.9 Å². The maximum absolute atomic E-state index is 12.6. The van der Waals surface area contributed by atoms with Gasteiger partial charge in [0.2, 0.25) is 0 Å². The Labute approximate surface area is 138 Å². The van der Waals surface area contributed by atoms with Crippen molar-refractivity contribution in [2.45, 2.75) is 4.90 Å². The Morgan fingerprint density at radius 3 is 2.48 bits per heavy atom. The predicted molar refractivity (Wildman–Crippen MR) is 88.7 cm³/mol. The smallest absolute Gasteiger partial charge is 0.263 e. The second-order valence-electron chi connectivity index (χ2n) is 4.85. The number of rotatable bonds is 4. The molecule has 3 aromatic rings. The molecule has 2 aromatic carbocycles. The topological polar surface area (TPSA) is 76.9 Å².